The predicted molar refractivity (Wildman–Crippen MR) is 105 cm³/mol. The Bertz CT molecular complexity index is 684. The minimum Gasteiger partial charge on any atom is -0.356 e. The van der Waals surface area contributed by atoms with E-state index in [1.165, 1.54) is 11.8 Å². The second-order valence-electron chi connectivity index (χ2n) is 7.79. The van der Waals surface area contributed by atoms with Gasteiger partial charge < -0.3 is 10.2 Å². The maximum absolute atomic E-state index is 11.4. The molecular formula is C19H31N3O2S. The van der Waals surface area contributed by atoms with Gasteiger partial charge in [-0.25, -0.2) is 8.42 Å². The molecule has 5 nitrogen and oxygen atoms in total. The van der Waals surface area contributed by atoms with E-state index in [2.05, 4.69) is 59.4 Å². The second-order valence-corrected chi connectivity index (χ2v) is 10.0. The van der Waals surface area contributed by atoms with Gasteiger partial charge in [0.15, 0.2) is 5.96 Å². The Hall–Kier alpha value is -1.56. The van der Waals surface area contributed by atoms with Crippen LogP contribution in [-0.4, -0.2) is 58.0 Å². The molecule has 0 amide bonds. The summed E-state index contributed by atoms with van der Waals surface area (Å²) in [6, 6.07) is 10.6. The number of nitrogens with one attached hydrogen (secondary N) is 1. The third-order valence-electron chi connectivity index (χ3n) is 4.85. The molecule has 0 radical (unpaired) electrons. The Labute approximate surface area is 152 Å². The van der Waals surface area contributed by atoms with Gasteiger partial charge in [-0.2, -0.15) is 0 Å². The number of benzene rings is 1. The van der Waals surface area contributed by atoms with Crippen LogP contribution in [0.2, 0.25) is 0 Å². The Kier molecular flexibility index (Phi) is 6.49. The normalized spacial score (nSPS) is 19.3. The highest BCUT2D eigenvalue weighted by Gasteiger charge is 2.27. The number of hydrogen-bond donors (Lipinski definition) is 1. The standard InChI is InChI=1S/C19H31N3O2S/c1-19(2,11-13-25(4,23)24)15-21-18(20-3)22-12-10-17(14-22)16-8-6-5-7-9-16/h5-9,17H,10-15H2,1-4H3,(H,20,21). The van der Waals surface area contributed by atoms with Crippen LogP contribution in [0.15, 0.2) is 35.3 Å². The Morgan fingerprint density at radius 3 is 2.60 bits per heavy atom. The lowest BCUT2D eigenvalue weighted by Gasteiger charge is -2.28. The molecule has 1 saturated heterocycles. The Balaban J connectivity index is 1.89. The number of aliphatic imine (C=N–C) groups is 1. The highest BCUT2D eigenvalue weighted by atomic mass is 32.2. The lowest BCUT2D eigenvalue weighted by molar-refractivity contribution is 0.341. The van der Waals surface area contributed by atoms with E-state index < -0.39 is 9.84 Å². The fourth-order valence-corrected chi connectivity index (χ4v) is 4.07. The lowest BCUT2D eigenvalue weighted by Crippen LogP contribution is -2.44. The van der Waals surface area contributed by atoms with Crippen LogP contribution in [0.1, 0.15) is 38.2 Å². The van der Waals surface area contributed by atoms with E-state index in [-0.39, 0.29) is 11.2 Å². The van der Waals surface area contributed by atoms with Gasteiger partial charge in [-0.15, -0.1) is 0 Å². The highest BCUT2D eigenvalue weighted by Crippen LogP contribution is 2.27. The van der Waals surface area contributed by atoms with E-state index in [1.54, 1.807) is 0 Å². The molecule has 6 heteroatoms. The van der Waals surface area contributed by atoms with Gasteiger partial charge in [0.05, 0.1) is 5.75 Å². The van der Waals surface area contributed by atoms with Crippen LogP contribution < -0.4 is 5.32 Å². The van der Waals surface area contributed by atoms with E-state index in [0.717, 1.165) is 25.5 Å². The van der Waals surface area contributed by atoms with Gasteiger partial charge >= 0.3 is 0 Å². The summed E-state index contributed by atoms with van der Waals surface area (Å²) in [5.41, 5.74) is 1.28. The molecule has 1 aliphatic rings. The van der Waals surface area contributed by atoms with Gasteiger partial charge in [0, 0.05) is 38.9 Å². The predicted octanol–water partition coefficient (Wildman–Crippen LogP) is 2.51. The third kappa shape index (κ3) is 6.34. The van der Waals surface area contributed by atoms with Gasteiger partial charge in [-0.3, -0.25) is 4.99 Å². The molecule has 140 valence electrons. The average Bonchev–Trinajstić information content (AvgIpc) is 3.04. The van der Waals surface area contributed by atoms with Crippen molar-refractivity contribution in [3.63, 3.8) is 0 Å². The molecule has 1 unspecified atom stereocenters. The van der Waals surface area contributed by atoms with Crippen LogP contribution >= 0.6 is 0 Å². The fraction of sp³-hybridized carbons (Fsp3) is 0.632. The minimum atomic E-state index is -2.92. The molecule has 0 aliphatic carbocycles. The molecule has 0 spiro atoms. The third-order valence-corrected chi connectivity index (χ3v) is 5.79. The number of likely N-dealkylation sites (tertiary alicyclic amines) is 1. The number of sulfone groups is 1. The van der Waals surface area contributed by atoms with Crippen LogP contribution in [0, 0.1) is 5.41 Å². The molecule has 1 aliphatic heterocycles. The molecule has 0 bridgehead atoms. The van der Waals surface area contributed by atoms with E-state index in [0.29, 0.717) is 18.9 Å². The van der Waals surface area contributed by atoms with Gasteiger partial charge in [0.2, 0.25) is 0 Å². The van der Waals surface area contributed by atoms with Crippen LogP contribution in [-0.2, 0) is 9.84 Å². The first-order valence-electron chi connectivity index (χ1n) is 8.88. The Morgan fingerprint density at radius 2 is 2.00 bits per heavy atom. The molecule has 1 heterocycles. The van der Waals surface area contributed by atoms with Gasteiger partial charge in [-0.1, -0.05) is 44.2 Å². The maximum Gasteiger partial charge on any atom is 0.193 e. The zero-order chi connectivity index (χ0) is 18.5. The van der Waals surface area contributed by atoms with E-state index >= 15 is 0 Å². The largest absolute Gasteiger partial charge is 0.356 e. The molecule has 1 fully saturated rings. The van der Waals surface area contributed by atoms with Crippen molar-refractivity contribution in [1.29, 1.82) is 0 Å². The van der Waals surface area contributed by atoms with Crippen molar-refractivity contribution in [1.82, 2.24) is 10.2 Å². The molecule has 0 aromatic heterocycles. The summed E-state index contributed by atoms with van der Waals surface area (Å²) in [6.07, 6.45) is 3.06. The highest BCUT2D eigenvalue weighted by molar-refractivity contribution is 7.90. The van der Waals surface area contributed by atoms with Crippen molar-refractivity contribution in [3.8, 4) is 0 Å². The summed E-state index contributed by atoms with van der Waals surface area (Å²) in [6.45, 7) is 6.85. The number of guanidine groups is 1. The summed E-state index contributed by atoms with van der Waals surface area (Å²) >= 11 is 0. The van der Waals surface area contributed by atoms with Gasteiger partial charge in [0.25, 0.3) is 0 Å². The van der Waals surface area contributed by atoms with E-state index in [4.69, 9.17) is 0 Å². The van der Waals surface area contributed by atoms with Crippen LogP contribution in [0.3, 0.4) is 0 Å². The average molecular weight is 366 g/mol. The van der Waals surface area contributed by atoms with Crippen LogP contribution in [0.4, 0.5) is 0 Å². The van der Waals surface area contributed by atoms with E-state index in [1.807, 2.05) is 7.05 Å². The lowest BCUT2D eigenvalue weighted by atomic mass is 9.90. The summed E-state index contributed by atoms with van der Waals surface area (Å²) in [4.78, 5) is 6.72. The van der Waals surface area contributed by atoms with Crippen molar-refractivity contribution < 1.29 is 8.42 Å². The molecule has 0 saturated carbocycles. The molecule has 1 aromatic rings. The number of nitrogens with zero attached hydrogens (tertiary/aromatic N) is 2. The fourth-order valence-electron chi connectivity index (χ4n) is 3.15. The van der Waals surface area contributed by atoms with Crippen molar-refractivity contribution in [2.75, 3.05) is 38.7 Å². The first-order chi connectivity index (χ1) is 11.7. The van der Waals surface area contributed by atoms with Crippen molar-refractivity contribution >= 4 is 15.8 Å². The van der Waals surface area contributed by atoms with Crippen LogP contribution in [0.5, 0.6) is 0 Å². The molecule has 25 heavy (non-hydrogen) atoms. The zero-order valence-corrected chi connectivity index (χ0v) is 16.6. The second kappa shape index (κ2) is 8.21. The first-order valence-corrected chi connectivity index (χ1v) is 10.9. The zero-order valence-electron chi connectivity index (χ0n) is 15.8. The summed E-state index contributed by atoms with van der Waals surface area (Å²) in [5, 5.41) is 3.44. The SMILES string of the molecule is CN=C(NCC(C)(C)CCS(C)(=O)=O)N1CCC(c2ccccc2)C1. The molecule has 2 rings (SSSR count). The first kappa shape index (κ1) is 19.8. The summed E-state index contributed by atoms with van der Waals surface area (Å²) in [7, 11) is -1.12. The monoisotopic (exact) mass is 365 g/mol. The number of rotatable bonds is 6. The van der Waals surface area contributed by atoms with E-state index in [9.17, 15) is 8.42 Å². The van der Waals surface area contributed by atoms with Gasteiger partial charge in [0.1, 0.15) is 9.84 Å². The quantitative estimate of drug-likeness (QED) is 0.621. The Morgan fingerprint density at radius 1 is 1.32 bits per heavy atom. The molecular weight excluding hydrogens is 334 g/mol. The minimum absolute atomic E-state index is 0.0996. The number of hydrogen-bond acceptors (Lipinski definition) is 3. The smallest absolute Gasteiger partial charge is 0.193 e. The van der Waals surface area contributed by atoms with Crippen molar-refractivity contribution in [2.24, 2.45) is 10.4 Å². The summed E-state index contributed by atoms with van der Waals surface area (Å²) < 4.78 is 22.8. The molecule has 1 atom stereocenters. The van der Waals surface area contributed by atoms with Crippen molar-refractivity contribution in [2.45, 2.75) is 32.6 Å². The summed E-state index contributed by atoms with van der Waals surface area (Å²) in [5.74, 6) is 1.67. The molecule has 1 aromatic carbocycles. The van der Waals surface area contributed by atoms with Crippen LogP contribution in [0.25, 0.3) is 0 Å². The molecule has 1 N–H and O–H groups in total. The maximum atomic E-state index is 11.4. The topological polar surface area (TPSA) is 61.8 Å². The van der Waals surface area contributed by atoms with Gasteiger partial charge in [-0.05, 0) is 23.8 Å². The van der Waals surface area contributed by atoms with Crippen molar-refractivity contribution in [3.05, 3.63) is 35.9 Å².